The molecule has 0 nitrogen and oxygen atoms in total. The molecule has 26 heavy (non-hydrogen) atoms. The summed E-state index contributed by atoms with van der Waals surface area (Å²) in [6.45, 7) is 4.67. The Kier molecular flexibility index (Phi) is 6.07. The lowest BCUT2D eigenvalue weighted by Gasteiger charge is -2.29. The van der Waals surface area contributed by atoms with Crippen LogP contribution in [0, 0.1) is 23.7 Å². The third-order valence-electron chi connectivity index (χ3n) is 8.19. The second kappa shape index (κ2) is 8.49. The predicted molar refractivity (Wildman–Crippen MR) is 113 cm³/mol. The maximum atomic E-state index is 2.49. The van der Waals surface area contributed by atoms with Gasteiger partial charge >= 0.3 is 0 Å². The summed E-state index contributed by atoms with van der Waals surface area (Å²) in [5, 5.41) is 0. The normalized spacial score (nSPS) is 36.1. The first kappa shape index (κ1) is 18.6. The number of benzene rings is 1. The Hall–Kier alpha value is -0.780. The highest BCUT2D eigenvalue weighted by atomic mass is 14.6. The quantitative estimate of drug-likeness (QED) is 0.415. The molecule has 3 saturated carbocycles. The Bertz CT molecular complexity index is 536. The fourth-order valence-electron chi connectivity index (χ4n) is 6.52. The van der Waals surface area contributed by atoms with Crippen LogP contribution in [0.5, 0.6) is 0 Å². The Labute approximate surface area is 162 Å². The van der Waals surface area contributed by atoms with Crippen LogP contribution in [-0.4, -0.2) is 0 Å². The van der Waals surface area contributed by atoms with E-state index in [0.29, 0.717) is 0 Å². The molecule has 1 aromatic carbocycles. The van der Waals surface area contributed by atoms with Crippen LogP contribution in [0.4, 0.5) is 0 Å². The van der Waals surface area contributed by atoms with Gasteiger partial charge in [-0.3, -0.25) is 0 Å². The molecule has 0 amide bonds. The van der Waals surface area contributed by atoms with Crippen molar-refractivity contribution >= 4 is 0 Å². The van der Waals surface area contributed by atoms with Crippen LogP contribution in [0.1, 0.15) is 114 Å². The standard InChI is InChI=1S/C26H40/c1-3-5-6-8-19-9-11-20(12-10-19)21-13-15-22(16-14-21)23-17-25-24(7-4-2)26(25)18-23/h13-16,19-20,23-26H,3-12,17-18H2,1-2H3/t19?,20?,23?,24?,25-,26+. The second-order valence-electron chi connectivity index (χ2n) is 9.83. The van der Waals surface area contributed by atoms with Gasteiger partial charge < -0.3 is 0 Å². The largest absolute Gasteiger partial charge is 0.0654 e. The Morgan fingerprint density at radius 3 is 1.88 bits per heavy atom. The summed E-state index contributed by atoms with van der Waals surface area (Å²) < 4.78 is 0. The van der Waals surface area contributed by atoms with Crippen molar-refractivity contribution in [3.63, 3.8) is 0 Å². The Morgan fingerprint density at radius 2 is 1.31 bits per heavy atom. The summed E-state index contributed by atoms with van der Waals surface area (Å²) in [4.78, 5) is 0. The van der Waals surface area contributed by atoms with Crippen molar-refractivity contribution < 1.29 is 0 Å². The third kappa shape index (κ3) is 4.05. The molecule has 0 N–H and O–H groups in total. The highest BCUT2D eigenvalue weighted by Crippen LogP contribution is 2.63. The zero-order chi connectivity index (χ0) is 17.9. The SMILES string of the molecule is CCCCCC1CCC(c2ccc(C3C[C@@H]4C(CCC)[C@@H]4C3)cc2)CC1. The molecule has 3 aliphatic rings. The van der Waals surface area contributed by atoms with E-state index in [2.05, 4.69) is 38.1 Å². The third-order valence-corrected chi connectivity index (χ3v) is 8.19. The van der Waals surface area contributed by atoms with Crippen molar-refractivity contribution in [1.82, 2.24) is 0 Å². The molecule has 0 aromatic heterocycles. The van der Waals surface area contributed by atoms with Crippen LogP contribution < -0.4 is 0 Å². The first-order valence-electron chi connectivity index (χ1n) is 11.9. The van der Waals surface area contributed by atoms with E-state index >= 15 is 0 Å². The van der Waals surface area contributed by atoms with Gasteiger partial charge in [0.05, 0.1) is 0 Å². The van der Waals surface area contributed by atoms with E-state index in [1.165, 1.54) is 77.0 Å². The van der Waals surface area contributed by atoms with Crippen LogP contribution in [0.15, 0.2) is 24.3 Å². The van der Waals surface area contributed by atoms with E-state index in [0.717, 1.165) is 35.5 Å². The second-order valence-corrected chi connectivity index (χ2v) is 9.83. The van der Waals surface area contributed by atoms with E-state index in [9.17, 15) is 0 Å². The Balaban J connectivity index is 1.24. The van der Waals surface area contributed by atoms with E-state index in [1.54, 1.807) is 11.1 Å². The summed E-state index contributed by atoms with van der Waals surface area (Å²) in [5.74, 6) is 6.02. The number of hydrogen-bond donors (Lipinski definition) is 0. The zero-order valence-electron chi connectivity index (χ0n) is 17.3. The van der Waals surface area contributed by atoms with Gasteiger partial charge in [0.15, 0.2) is 0 Å². The van der Waals surface area contributed by atoms with Gasteiger partial charge in [0, 0.05) is 0 Å². The van der Waals surface area contributed by atoms with E-state index < -0.39 is 0 Å². The predicted octanol–water partition coefficient (Wildman–Crippen LogP) is 8.08. The minimum atomic E-state index is 0.845. The number of unbranched alkanes of at least 4 members (excludes halogenated alkanes) is 2. The number of rotatable bonds is 8. The van der Waals surface area contributed by atoms with Gasteiger partial charge in [0.1, 0.15) is 0 Å². The van der Waals surface area contributed by atoms with Crippen molar-refractivity contribution in [1.29, 1.82) is 0 Å². The first-order chi connectivity index (χ1) is 12.8. The van der Waals surface area contributed by atoms with E-state index in [4.69, 9.17) is 0 Å². The lowest BCUT2D eigenvalue weighted by molar-refractivity contribution is 0.303. The molecule has 0 saturated heterocycles. The molecule has 0 bridgehead atoms. The molecular weight excluding hydrogens is 312 g/mol. The minimum absolute atomic E-state index is 0.845. The molecule has 0 aliphatic heterocycles. The van der Waals surface area contributed by atoms with Crippen molar-refractivity contribution in [3.8, 4) is 0 Å². The lowest BCUT2D eigenvalue weighted by atomic mass is 9.76. The molecule has 2 unspecified atom stereocenters. The lowest BCUT2D eigenvalue weighted by Crippen LogP contribution is -2.13. The molecule has 0 spiro atoms. The average Bonchev–Trinajstić information content (AvgIpc) is 3.12. The molecule has 1 aromatic rings. The average molecular weight is 353 g/mol. The maximum absolute atomic E-state index is 2.49. The smallest absolute Gasteiger partial charge is 0.0156 e. The van der Waals surface area contributed by atoms with Crippen LogP contribution in [-0.2, 0) is 0 Å². The summed E-state index contributed by atoms with van der Waals surface area (Å²) in [5.41, 5.74) is 3.28. The van der Waals surface area contributed by atoms with Gasteiger partial charge in [-0.25, -0.2) is 0 Å². The number of fused-ring (bicyclic) bond motifs is 1. The summed E-state index contributed by atoms with van der Waals surface area (Å²) in [7, 11) is 0. The fraction of sp³-hybridized carbons (Fsp3) is 0.769. The zero-order valence-corrected chi connectivity index (χ0v) is 17.3. The fourth-order valence-corrected chi connectivity index (χ4v) is 6.52. The molecule has 0 heterocycles. The summed E-state index contributed by atoms with van der Waals surface area (Å²) in [6, 6.07) is 9.97. The molecule has 0 heteroatoms. The maximum Gasteiger partial charge on any atom is -0.0156 e. The molecular formula is C26H40. The van der Waals surface area contributed by atoms with E-state index in [-0.39, 0.29) is 0 Å². The van der Waals surface area contributed by atoms with Gasteiger partial charge in [0.2, 0.25) is 0 Å². The van der Waals surface area contributed by atoms with Crippen LogP contribution in [0.25, 0.3) is 0 Å². The van der Waals surface area contributed by atoms with Gasteiger partial charge in [-0.15, -0.1) is 0 Å². The van der Waals surface area contributed by atoms with Crippen molar-refractivity contribution in [2.24, 2.45) is 23.7 Å². The van der Waals surface area contributed by atoms with Gasteiger partial charge in [-0.05, 0) is 85.2 Å². The van der Waals surface area contributed by atoms with E-state index in [1.807, 2.05) is 0 Å². The minimum Gasteiger partial charge on any atom is -0.0654 e. The van der Waals surface area contributed by atoms with Crippen molar-refractivity contribution in [3.05, 3.63) is 35.4 Å². The summed E-state index contributed by atoms with van der Waals surface area (Å²) in [6.07, 6.45) is 17.4. The summed E-state index contributed by atoms with van der Waals surface area (Å²) >= 11 is 0. The van der Waals surface area contributed by atoms with Crippen molar-refractivity contribution in [2.75, 3.05) is 0 Å². The van der Waals surface area contributed by atoms with Crippen LogP contribution in [0.3, 0.4) is 0 Å². The Morgan fingerprint density at radius 1 is 0.692 bits per heavy atom. The molecule has 0 radical (unpaired) electrons. The van der Waals surface area contributed by atoms with Gasteiger partial charge in [-0.1, -0.05) is 76.6 Å². The first-order valence-corrected chi connectivity index (χ1v) is 11.9. The molecule has 4 rings (SSSR count). The molecule has 3 fully saturated rings. The molecule has 144 valence electrons. The highest BCUT2D eigenvalue weighted by molar-refractivity contribution is 5.30. The topological polar surface area (TPSA) is 0 Å². The molecule has 3 aliphatic carbocycles. The van der Waals surface area contributed by atoms with Crippen LogP contribution in [0.2, 0.25) is 0 Å². The highest BCUT2D eigenvalue weighted by Gasteiger charge is 2.54. The van der Waals surface area contributed by atoms with Gasteiger partial charge in [-0.2, -0.15) is 0 Å². The van der Waals surface area contributed by atoms with Crippen molar-refractivity contribution in [2.45, 2.75) is 103 Å². The molecule has 4 atom stereocenters. The van der Waals surface area contributed by atoms with Crippen LogP contribution >= 0.6 is 0 Å². The monoisotopic (exact) mass is 352 g/mol. The van der Waals surface area contributed by atoms with Gasteiger partial charge in [0.25, 0.3) is 0 Å². The number of hydrogen-bond acceptors (Lipinski definition) is 0.